The number of hydrogen-bond acceptors (Lipinski definition) is 3. The van der Waals surface area contributed by atoms with Gasteiger partial charge in [0.2, 0.25) is 0 Å². The van der Waals surface area contributed by atoms with Crippen molar-refractivity contribution in [3.63, 3.8) is 0 Å². The fraction of sp³-hybridized carbons (Fsp3) is 0.250. The Morgan fingerprint density at radius 3 is 2.75 bits per heavy atom. The smallest absolute Gasteiger partial charge is 0.130 e. The summed E-state index contributed by atoms with van der Waals surface area (Å²) in [6.07, 6.45) is 0.186. The van der Waals surface area contributed by atoms with Crippen LogP contribution in [-0.4, -0.2) is 7.11 Å². The third-order valence-corrected chi connectivity index (χ3v) is 3.61. The monoisotopic (exact) mass is 273 g/mol. The number of benzene rings is 2. The minimum Gasteiger partial charge on any atom is -0.497 e. The van der Waals surface area contributed by atoms with Crippen LogP contribution in [0.15, 0.2) is 42.5 Å². The van der Waals surface area contributed by atoms with Crippen LogP contribution in [0.4, 0.5) is 4.39 Å². The SMILES string of the molecule is COc1ccc2c(c1)OC(c1ccccc1F)C[C@@H]2N. The Labute approximate surface area is 117 Å². The van der Waals surface area contributed by atoms with E-state index in [4.69, 9.17) is 15.2 Å². The van der Waals surface area contributed by atoms with Crippen molar-refractivity contribution in [2.75, 3.05) is 7.11 Å². The summed E-state index contributed by atoms with van der Waals surface area (Å²) in [7, 11) is 1.60. The number of nitrogens with two attached hydrogens (primary N) is 1. The van der Waals surface area contributed by atoms with Gasteiger partial charge in [0.05, 0.1) is 7.11 Å². The minimum atomic E-state index is -0.370. The van der Waals surface area contributed by atoms with Crippen molar-refractivity contribution in [3.05, 3.63) is 59.4 Å². The van der Waals surface area contributed by atoms with E-state index in [-0.39, 0.29) is 18.0 Å². The zero-order valence-corrected chi connectivity index (χ0v) is 11.2. The lowest BCUT2D eigenvalue weighted by Gasteiger charge is -2.31. The van der Waals surface area contributed by atoms with Crippen LogP contribution in [0, 0.1) is 5.82 Å². The molecule has 2 N–H and O–H groups in total. The van der Waals surface area contributed by atoms with Gasteiger partial charge in [-0.2, -0.15) is 0 Å². The quantitative estimate of drug-likeness (QED) is 0.912. The van der Waals surface area contributed by atoms with Gasteiger partial charge in [0.15, 0.2) is 0 Å². The molecule has 1 heterocycles. The van der Waals surface area contributed by atoms with Gasteiger partial charge in [-0.1, -0.05) is 24.3 Å². The van der Waals surface area contributed by atoms with Crippen LogP contribution >= 0.6 is 0 Å². The van der Waals surface area contributed by atoms with Gasteiger partial charge in [0.1, 0.15) is 23.4 Å². The molecule has 20 heavy (non-hydrogen) atoms. The van der Waals surface area contributed by atoms with E-state index in [0.29, 0.717) is 23.5 Å². The van der Waals surface area contributed by atoms with Gasteiger partial charge in [0.25, 0.3) is 0 Å². The van der Waals surface area contributed by atoms with Gasteiger partial charge < -0.3 is 15.2 Å². The lowest BCUT2D eigenvalue weighted by Crippen LogP contribution is -2.24. The summed E-state index contributed by atoms with van der Waals surface area (Å²) in [6, 6.07) is 12.0. The highest BCUT2D eigenvalue weighted by atomic mass is 19.1. The second-order valence-electron chi connectivity index (χ2n) is 4.87. The molecule has 0 saturated carbocycles. The third-order valence-electron chi connectivity index (χ3n) is 3.61. The van der Waals surface area contributed by atoms with Gasteiger partial charge >= 0.3 is 0 Å². The number of fused-ring (bicyclic) bond motifs is 1. The average molecular weight is 273 g/mol. The van der Waals surface area contributed by atoms with Gasteiger partial charge in [0, 0.05) is 29.7 Å². The maximum absolute atomic E-state index is 13.9. The van der Waals surface area contributed by atoms with Crippen molar-refractivity contribution in [3.8, 4) is 11.5 Å². The lowest BCUT2D eigenvalue weighted by atomic mass is 9.93. The normalized spacial score (nSPS) is 20.9. The van der Waals surface area contributed by atoms with Gasteiger partial charge in [-0.05, 0) is 12.1 Å². The molecule has 0 bridgehead atoms. The van der Waals surface area contributed by atoms with E-state index in [0.717, 1.165) is 5.56 Å². The average Bonchev–Trinajstić information content (AvgIpc) is 2.47. The molecule has 0 spiro atoms. The molecule has 2 aromatic carbocycles. The second kappa shape index (κ2) is 5.13. The molecule has 1 aliphatic rings. The van der Waals surface area contributed by atoms with Crippen LogP contribution in [0.1, 0.15) is 29.7 Å². The molecule has 3 nitrogen and oxygen atoms in total. The van der Waals surface area contributed by atoms with Crippen molar-refractivity contribution in [1.29, 1.82) is 0 Å². The van der Waals surface area contributed by atoms with E-state index in [1.165, 1.54) is 6.07 Å². The van der Waals surface area contributed by atoms with Gasteiger partial charge in [-0.3, -0.25) is 0 Å². The summed E-state index contributed by atoms with van der Waals surface area (Å²) < 4.78 is 25.0. The largest absolute Gasteiger partial charge is 0.497 e. The van der Waals surface area contributed by atoms with Gasteiger partial charge in [-0.25, -0.2) is 4.39 Å². The molecule has 3 rings (SSSR count). The molecule has 4 heteroatoms. The van der Waals surface area contributed by atoms with Crippen molar-refractivity contribution >= 4 is 0 Å². The first-order chi connectivity index (χ1) is 9.69. The Hall–Kier alpha value is -2.07. The topological polar surface area (TPSA) is 44.5 Å². The van der Waals surface area contributed by atoms with Crippen LogP contribution in [0.25, 0.3) is 0 Å². The van der Waals surface area contributed by atoms with Crippen molar-refractivity contribution in [2.24, 2.45) is 5.73 Å². The summed E-state index contributed by atoms with van der Waals surface area (Å²) in [5.41, 5.74) is 7.64. The fourth-order valence-electron chi connectivity index (χ4n) is 2.54. The number of ether oxygens (including phenoxy) is 2. The Morgan fingerprint density at radius 1 is 1.20 bits per heavy atom. The Balaban J connectivity index is 1.97. The fourth-order valence-corrected chi connectivity index (χ4v) is 2.54. The highest BCUT2D eigenvalue weighted by Crippen LogP contribution is 2.41. The van der Waals surface area contributed by atoms with Crippen molar-refractivity contribution in [1.82, 2.24) is 0 Å². The van der Waals surface area contributed by atoms with Crippen LogP contribution in [0.5, 0.6) is 11.5 Å². The molecule has 2 atom stereocenters. The first-order valence-electron chi connectivity index (χ1n) is 6.53. The van der Waals surface area contributed by atoms with Crippen LogP contribution in [0.2, 0.25) is 0 Å². The molecule has 0 radical (unpaired) electrons. The van der Waals surface area contributed by atoms with Crippen LogP contribution < -0.4 is 15.2 Å². The molecule has 104 valence electrons. The maximum Gasteiger partial charge on any atom is 0.130 e. The number of rotatable bonds is 2. The minimum absolute atomic E-state index is 0.172. The van der Waals surface area contributed by atoms with Crippen LogP contribution in [0.3, 0.4) is 0 Å². The molecule has 0 saturated heterocycles. The molecule has 1 aliphatic heterocycles. The molecule has 1 unspecified atom stereocenters. The summed E-state index contributed by atoms with van der Waals surface area (Å²) in [5, 5.41) is 0. The lowest BCUT2D eigenvalue weighted by molar-refractivity contribution is 0.156. The molecule has 0 amide bonds. The van der Waals surface area contributed by atoms with Crippen molar-refractivity contribution < 1.29 is 13.9 Å². The predicted molar refractivity (Wildman–Crippen MR) is 74.3 cm³/mol. The molecule has 2 aromatic rings. The van der Waals surface area contributed by atoms with E-state index in [1.807, 2.05) is 12.1 Å². The summed E-state index contributed by atoms with van der Waals surface area (Å²) in [5.74, 6) is 1.09. The van der Waals surface area contributed by atoms with Gasteiger partial charge in [-0.15, -0.1) is 0 Å². The van der Waals surface area contributed by atoms with E-state index in [2.05, 4.69) is 0 Å². The Bertz CT molecular complexity index is 630. The number of hydrogen-bond donors (Lipinski definition) is 1. The Kier molecular flexibility index (Phi) is 3.32. The maximum atomic E-state index is 13.9. The highest BCUT2D eigenvalue weighted by Gasteiger charge is 2.28. The standard InChI is InChI=1S/C16H16FNO2/c1-19-10-6-7-12-14(18)9-16(20-15(12)8-10)11-4-2-3-5-13(11)17/h2-8,14,16H,9,18H2,1H3/t14-,16?/m0/s1. The summed E-state index contributed by atoms with van der Waals surface area (Å²) in [6.45, 7) is 0. The zero-order chi connectivity index (χ0) is 14.1. The summed E-state index contributed by atoms with van der Waals surface area (Å²) in [4.78, 5) is 0. The molecular weight excluding hydrogens is 257 g/mol. The summed E-state index contributed by atoms with van der Waals surface area (Å²) >= 11 is 0. The second-order valence-corrected chi connectivity index (χ2v) is 4.87. The predicted octanol–water partition coefficient (Wildman–Crippen LogP) is 3.36. The van der Waals surface area contributed by atoms with E-state index in [1.54, 1.807) is 31.4 Å². The van der Waals surface area contributed by atoms with E-state index < -0.39 is 0 Å². The molecule has 0 fully saturated rings. The molecule has 0 aromatic heterocycles. The first kappa shape index (κ1) is 12.9. The molecular formula is C16H16FNO2. The van der Waals surface area contributed by atoms with E-state index >= 15 is 0 Å². The van der Waals surface area contributed by atoms with E-state index in [9.17, 15) is 4.39 Å². The highest BCUT2D eigenvalue weighted by molar-refractivity contribution is 5.44. The van der Waals surface area contributed by atoms with Crippen LogP contribution in [-0.2, 0) is 0 Å². The third kappa shape index (κ3) is 2.23. The first-order valence-corrected chi connectivity index (χ1v) is 6.53. The number of halogens is 1. The zero-order valence-electron chi connectivity index (χ0n) is 11.2. The number of methoxy groups -OCH3 is 1. The Morgan fingerprint density at radius 2 is 2.00 bits per heavy atom. The van der Waals surface area contributed by atoms with Crippen molar-refractivity contribution in [2.45, 2.75) is 18.6 Å². The molecule has 0 aliphatic carbocycles.